The third-order valence-electron chi connectivity index (χ3n) is 6.10. The molecule has 0 fully saturated rings. The summed E-state index contributed by atoms with van der Waals surface area (Å²) in [6.45, 7) is 3.26. The highest BCUT2D eigenvalue weighted by Crippen LogP contribution is 2.37. The number of halogens is 3. The zero-order valence-electron chi connectivity index (χ0n) is 18.8. The van der Waals surface area contributed by atoms with E-state index in [0.717, 1.165) is 40.0 Å². The monoisotopic (exact) mass is 481 g/mol. The first-order chi connectivity index (χ1) is 16.7. The largest absolute Gasteiger partial charge is 0.573 e. The summed E-state index contributed by atoms with van der Waals surface area (Å²) in [5.41, 5.74) is 11.1. The molecule has 0 radical (unpaired) electrons. The predicted octanol–water partition coefficient (Wildman–Crippen LogP) is 4.73. The number of benzene rings is 2. The number of amides is 1. The first kappa shape index (κ1) is 22.7. The van der Waals surface area contributed by atoms with E-state index in [4.69, 9.17) is 5.73 Å². The fourth-order valence-corrected chi connectivity index (χ4v) is 4.56. The highest BCUT2D eigenvalue weighted by molar-refractivity contribution is 6.02. The molecule has 2 aromatic carbocycles. The van der Waals surface area contributed by atoms with Crippen LogP contribution < -0.4 is 15.4 Å². The minimum absolute atomic E-state index is 0.0336. The third-order valence-corrected chi connectivity index (χ3v) is 6.10. The van der Waals surface area contributed by atoms with Gasteiger partial charge in [-0.15, -0.1) is 13.2 Å². The van der Waals surface area contributed by atoms with E-state index in [2.05, 4.69) is 14.7 Å². The molecular formula is C25H22F3N5O2. The Labute approximate surface area is 199 Å². The molecule has 0 saturated carbocycles. The van der Waals surface area contributed by atoms with Crippen LogP contribution >= 0.6 is 0 Å². The van der Waals surface area contributed by atoms with Crippen LogP contribution in [0.2, 0.25) is 0 Å². The summed E-state index contributed by atoms with van der Waals surface area (Å²) in [6, 6.07) is 11.4. The van der Waals surface area contributed by atoms with Gasteiger partial charge < -0.3 is 19.9 Å². The second kappa shape index (κ2) is 8.61. The van der Waals surface area contributed by atoms with Crippen LogP contribution in [0.3, 0.4) is 0 Å². The van der Waals surface area contributed by atoms with Gasteiger partial charge in [0.2, 0.25) is 5.91 Å². The van der Waals surface area contributed by atoms with E-state index in [1.807, 2.05) is 35.9 Å². The Bertz CT molecular complexity index is 1430. The molecule has 0 atom stereocenters. The summed E-state index contributed by atoms with van der Waals surface area (Å²) in [7, 11) is 0. The number of aromatic nitrogens is 3. The minimum atomic E-state index is -4.78. The SMILES string of the molecule is CCn1cc(-c2ccc3c(c2)CCN3C(=O)Cc2cccc(OC(F)(F)F)c2)c2c(N)ncnc21. The van der Waals surface area contributed by atoms with Crippen LogP contribution in [-0.2, 0) is 24.2 Å². The molecule has 3 heterocycles. The van der Waals surface area contributed by atoms with Crippen molar-refractivity contribution in [2.24, 2.45) is 0 Å². The summed E-state index contributed by atoms with van der Waals surface area (Å²) < 4.78 is 43.5. The Morgan fingerprint density at radius 2 is 2.00 bits per heavy atom. The van der Waals surface area contributed by atoms with Gasteiger partial charge in [-0.3, -0.25) is 4.79 Å². The molecule has 5 rings (SSSR count). The number of rotatable bonds is 5. The Kier molecular flexibility index (Phi) is 5.58. The van der Waals surface area contributed by atoms with Gasteiger partial charge in [0.25, 0.3) is 0 Å². The van der Waals surface area contributed by atoms with Crippen molar-refractivity contribution in [3.63, 3.8) is 0 Å². The first-order valence-corrected chi connectivity index (χ1v) is 11.1. The molecule has 0 saturated heterocycles. The van der Waals surface area contributed by atoms with Crippen molar-refractivity contribution in [3.05, 3.63) is 66.1 Å². The first-order valence-electron chi connectivity index (χ1n) is 11.1. The maximum Gasteiger partial charge on any atom is 0.573 e. The minimum Gasteiger partial charge on any atom is -0.406 e. The molecule has 180 valence electrons. The maximum absolute atomic E-state index is 13.0. The highest BCUT2D eigenvalue weighted by Gasteiger charge is 2.31. The number of hydrogen-bond donors (Lipinski definition) is 1. The van der Waals surface area contributed by atoms with E-state index >= 15 is 0 Å². The molecule has 0 aliphatic carbocycles. The van der Waals surface area contributed by atoms with Crippen LogP contribution in [0.5, 0.6) is 5.75 Å². The lowest BCUT2D eigenvalue weighted by Gasteiger charge is -2.18. The number of aryl methyl sites for hydroxylation is 1. The molecule has 10 heteroatoms. The molecular weight excluding hydrogens is 459 g/mol. The van der Waals surface area contributed by atoms with Crippen LogP contribution in [0.1, 0.15) is 18.1 Å². The normalized spacial score (nSPS) is 13.3. The van der Waals surface area contributed by atoms with Crippen LogP contribution in [-0.4, -0.2) is 33.3 Å². The van der Waals surface area contributed by atoms with Crippen LogP contribution in [0, 0.1) is 0 Å². The predicted molar refractivity (Wildman–Crippen MR) is 126 cm³/mol. The van der Waals surface area contributed by atoms with Crippen molar-refractivity contribution in [2.45, 2.75) is 32.7 Å². The smallest absolute Gasteiger partial charge is 0.406 e. The molecule has 1 aliphatic heterocycles. The Morgan fingerprint density at radius 3 is 2.77 bits per heavy atom. The molecule has 0 spiro atoms. The van der Waals surface area contributed by atoms with Gasteiger partial charge in [0, 0.05) is 30.5 Å². The van der Waals surface area contributed by atoms with Gasteiger partial charge >= 0.3 is 6.36 Å². The van der Waals surface area contributed by atoms with Gasteiger partial charge in [-0.1, -0.05) is 18.2 Å². The maximum atomic E-state index is 13.0. The van der Waals surface area contributed by atoms with Crippen molar-refractivity contribution in [2.75, 3.05) is 17.2 Å². The molecule has 1 amide bonds. The van der Waals surface area contributed by atoms with E-state index in [9.17, 15) is 18.0 Å². The summed E-state index contributed by atoms with van der Waals surface area (Å²) in [5, 5.41) is 0.793. The lowest BCUT2D eigenvalue weighted by atomic mass is 10.0. The Hall–Kier alpha value is -4.08. The third kappa shape index (κ3) is 4.39. The molecule has 0 unspecified atom stereocenters. The molecule has 1 aliphatic rings. The number of ether oxygens (including phenoxy) is 1. The number of carbonyl (C=O) groups is 1. The van der Waals surface area contributed by atoms with Gasteiger partial charge in [0.05, 0.1) is 11.8 Å². The molecule has 4 aromatic rings. The number of fused-ring (bicyclic) bond motifs is 2. The van der Waals surface area contributed by atoms with Crippen molar-refractivity contribution in [1.82, 2.24) is 14.5 Å². The topological polar surface area (TPSA) is 86.3 Å². The van der Waals surface area contributed by atoms with E-state index in [1.54, 1.807) is 11.0 Å². The Morgan fingerprint density at radius 1 is 1.17 bits per heavy atom. The van der Waals surface area contributed by atoms with Crippen molar-refractivity contribution < 1.29 is 22.7 Å². The van der Waals surface area contributed by atoms with Gasteiger partial charge in [-0.2, -0.15) is 0 Å². The number of nitrogen functional groups attached to an aromatic ring is 1. The van der Waals surface area contributed by atoms with Crippen molar-refractivity contribution >= 4 is 28.4 Å². The summed E-state index contributed by atoms with van der Waals surface area (Å²) in [4.78, 5) is 23.2. The number of alkyl halides is 3. The van der Waals surface area contributed by atoms with Crippen LogP contribution in [0.25, 0.3) is 22.2 Å². The molecule has 35 heavy (non-hydrogen) atoms. The summed E-state index contributed by atoms with van der Waals surface area (Å²) >= 11 is 0. The fraction of sp³-hybridized carbons (Fsp3) is 0.240. The van der Waals surface area contributed by atoms with Gasteiger partial charge in [-0.05, 0) is 54.3 Å². The van der Waals surface area contributed by atoms with Gasteiger partial charge in [0.15, 0.2) is 0 Å². The number of nitrogens with two attached hydrogens (primary N) is 1. The van der Waals surface area contributed by atoms with Crippen molar-refractivity contribution in [1.29, 1.82) is 0 Å². The van der Waals surface area contributed by atoms with E-state index < -0.39 is 6.36 Å². The molecule has 7 nitrogen and oxygen atoms in total. The molecule has 2 N–H and O–H groups in total. The molecule has 0 bridgehead atoms. The second-order valence-electron chi connectivity index (χ2n) is 8.30. The lowest BCUT2D eigenvalue weighted by Crippen LogP contribution is -2.30. The summed E-state index contributed by atoms with van der Waals surface area (Å²) in [5.74, 6) is -0.129. The van der Waals surface area contributed by atoms with E-state index in [-0.39, 0.29) is 18.1 Å². The van der Waals surface area contributed by atoms with E-state index in [1.165, 1.54) is 24.5 Å². The summed E-state index contributed by atoms with van der Waals surface area (Å²) in [6.07, 6.45) is -0.691. The highest BCUT2D eigenvalue weighted by atomic mass is 19.4. The Balaban J connectivity index is 1.40. The van der Waals surface area contributed by atoms with Crippen LogP contribution in [0.15, 0.2) is 55.0 Å². The standard InChI is InChI=1S/C25H22F3N5O2/c1-2-32-13-19(22-23(29)30-14-31-24(22)32)16-6-7-20-17(12-16)8-9-33(20)21(34)11-15-4-3-5-18(10-15)35-25(26,27)28/h3-7,10,12-14H,2,8-9,11H2,1H3,(H2,29,30,31). The number of carbonyl (C=O) groups excluding carboxylic acids is 1. The van der Waals surface area contributed by atoms with Gasteiger partial charge in [-0.25, -0.2) is 9.97 Å². The quantitative estimate of drug-likeness (QED) is 0.445. The second-order valence-corrected chi connectivity index (χ2v) is 8.30. The average Bonchev–Trinajstić information content (AvgIpc) is 3.40. The van der Waals surface area contributed by atoms with Crippen LogP contribution in [0.4, 0.5) is 24.7 Å². The number of anilines is 2. The zero-order valence-corrected chi connectivity index (χ0v) is 18.8. The fourth-order valence-electron chi connectivity index (χ4n) is 4.56. The zero-order chi connectivity index (χ0) is 24.7. The lowest BCUT2D eigenvalue weighted by molar-refractivity contribution is -0.274. The number of hydrogen-bond acceptors (Lipinski definition) is 5. The van der Waals surface area contributed by atoms with Crippen molar-refractivity contribution in [3.8, 4) is 16.9 Å². The number of nitrogens with zero attached hydrogens (tertiary/aromatic N) is 4. The van der Waals surface area contributed by atoms with E-state index in [0.29, 0.717) is 24.3 Å². The molecule has 2 aromatic heterocycles. The van der Waals surface area contributed by atoms with Gasteiger partial charge in [0.1, 0.15) is 23.5 Å². The average molecular weight is 481 g/mol.